The summed E-state index contributed by atoms with van der Waals surface area (Å²) in [6.07, 6.45) is 1.78. The molecular weight excluding hydrogens is 396 g/mol. The summed E-state index contributed by atoms with van der Waals surface area (Å²) in [5.74, 6) is 0.180. The van der Waals surface area contributed by atoms with Crippen LogP contribution < -0.4 is 5.32 Å². The number of nitrogens with zero attached hydrogens (tertiary/aromatic N) is 5. The molecular formula is C22H20N6O3. The summed E-state index contributed by atoms with van der Waals surface area (Å²) in [5, 5.41) is 22.6. The van der Waals surface area contributed by atoms with E-state index in [2.05, 4.69) is 15.5 Å². The number of hydrogen-bond donors (Lipinski definition) is 1. The largest absolute Gasteiger partial charge is 0.312 e. The van der Waals surface area contributed by atoms with Crippen molar-refractivity contribution in [3.05, 3.63) is 99.5 Å². The first kappa shape index (κ1) is 20.0. The number of anilines is 1. The Balaban J connectivity index is 1.44. The monoisotopic (exact) mass is 416 g/mol. The molecule has 0 fully saturated rings. The highest BCUT2D eigenvalue weighted by molar-refractivity contribution is 6.03. The SMILES string of the molecule is Cc1nn(Cc2ccc(C(=O)Nc3ccn(-c4ccccc4)n3)cc2)c(C)c1[N+](=O)[O-]. The highest BCUT2D eigenvalue weighted by Crippen LogP contribution is 2.22. The van der Waals surface area contributed by atoms with Crippen molar-refractivity contribution >= 4 is 17.4 Å². The van der Waals surface area contributed by atoms with Gasteiger partial charge in [0, 0.05) is 17.8 Å². The number of aromatic nitrogens is 4. The van der Waals surface area contributed by atoms with Gasteiger partial charge in [-0.3, -0.25) is 19.6 Å². The van der Waals surface area contributed by atoms with E-state index in [1.54, 1.807) is 59.7 Å². The van der Waals surface area contributed by atoms with Crippen LogP contribution >= 0.6 is 0 Å². The molecule has 4 aromatic rings. The molecule has 2 aromatic carbocycles. The van der Waals surface area contributed by atoms with Crippen LogP contribution in [0.5, 0.6) is 0 Å². The van der Waals surface area contributed by atoms with Gasteiger partial charge in [-0.2, -0.15) is 10.2 Å². The highest BCUT2D eigenvalue weighted by atomic mass is 16.6. The van der Waals surface area contributed by atoms with E-state index in [-0.39, 0.29) is 11.6 Å². The number of nitrogens with one attached hydrogen (secondary N) is 1. The van der Waals surface area contributed by atoms with Gasteiger partial charge in [0.1, 0.15) is 11.4 Å². The Morgan fingerprint density at radius 1 is 1.03 bits per heavy atom. The van der Waals surface area contributed by atoms with Gasteiger partial charge in [0.25, 0.3) is 5.91 Å². The topological polar surface area (TPSA) is 108 Å². The summed E-state index contributed by atoms with van der Waals surface area (Å²) in [7, 11) is 0. The van der Waals surface area contributed by atoms with Crippen LogP contribution in [0.3, 0.4) is 0 Å². The number of hydrogen-bond acceptors (Lipinski definition) is 5. The van der Waals surface area contributed by atoms with Crippen LogP contribution in [0.25, 0.3) is 5.69 Å². The zero-order valence-electron chi connectivity index (χ0n) is 17.0. The maximum Gasteiger partial charge on any atom is 0.312 e. The smallest absolute Gasteiger partial charge is 0.305 e. The van der Waals surface area contributed by atoms with E-state index in [0.29, 0.717) is 29.3 Å². The normalized spacial score (nSPS) is 10.8. The first-order chi connectivity index (χ1) is 14.9. The van der Waals surface area contributed by atoms with Crippen molar-refractivity contribution in [2.24, 2.45) is 0 Å². The van der Waals surface area contributed by atoms with Gasteiger partial charge in [-0.1, -0.05) is 30.3 Å². The van der Waals surface area contributed by atoms with E-state index in [1.165, 1.54) is 0 Å². The van der Waals surface area contributed by atoms with Crippen LogP contribution in [0.1, 0.15) is 27.3 Å². The molecule has 0 atom stereocenters. The summed E-state index contributed by atoms with van der Waals surface area (Å²) in [6.45, 7) is 3.67. The Morgan fingerprint density at radius 2 is 1.74 bits per heavy atom. The second-order valence-electron chi connectivity index (χ2n) is 7.07. The fourth-order valence-electron chi connectivity index (χ4n) is 3.34. The Bertz CT molecular complexity index is 1240. The van der Waals surface area contributed by atoms with Gasteiger partial charge in [0.15, 0.2) is 5.82 Å². The highest BCUT2D eigenvalue weighted by Gasteiger charge is 2.21. The third-order valence-corrected chi connectivity index (χ3v) is 4.93. The molecule has 0 unspecified atom stereocenters. The predicted octanol–water partition coefficient (Wildman–Crippen LogP) is 3.89. The van der Waals surface area contributed by atoms with Gasteiger partial charge < -0.3 is 5.32 Å². The molecule has 9 nitrogen and oxygen atoms in total. The van der Waals surface area contributed by atoms with Gasteiger partial charge in [-0.05, 0) is 43.7 Å². The minimum Gasteiger partial charge on any atom is -0.305 e. The predicted molar refractivity (Wildman–Crippen MR) is 115 cm³/mol. The van der Waals surface area contributed by atoms with Crippen LogP contribution in [-0.2, 0) is 6.54 Å². The Kier molecular flexibility index (Phi) is 5.31. The quantitative estimate of drug-likeness (QED) is 0.379. The van der Waals surface area contributed by atoms with Crippen LogP contribution in [0.2, 0.25) is 0 Å². The molecule has 0 radical (unpaired) electrons. The van der Waals surface area contributed by atoms with Crippen molar-refractivity contribution in [3.63, 3.8) is 0 Å². The maximum absolute atomic E-state index is 12.6. The fourth-order valence-corrected chi connectivity index (χ4v) is 3.34. The molecule has 1 N–H and O–H groups in total. The number of carbonyl (C=O) groups is 1. The lowest BCUT2D eigenvalue weighted by atomic mass is 10.1. The lowest BCUT2D eigenvalue weighted by Gasteiger charge is -2.06. The summed E-state index contributed by atoms with van der Waals surface area (Å²) < 4.78 is 3.28. The number of amides is 1. The number of para-hydroxylation sites is 1. The van der Waals surface area contributed by atoms with Gasteiger partial charge in [0.2, 0.25) is 0 Å². The number of carbonyl (C=O) groups excluding carboxylic acids is 1. The molecule has 0 bridgehead atoms. The lowest BCUT2D eigenvalue weighted by molar-refractivity contribution is -0.386. The van der Waals surface area contributed by atoms with E-state index in [9.17, 15) is 14.9 Å². The van der Waals surface area contributed by atoms with E-state index in [4.69, 9.17) is 0 Å². The van der Waals surface area contributed by atoms with Gasteiger partial charge in [-0.15, -0.1) is 0 Å². The van der Waals surface area contributed by atoms with Crippen molar-refractivity contribution in [2.45, 2.75) is 20.4 Å². The molecule has 0 saturated heterocycles. The average molecular weight is 416 g/mol. The summed E-state index contributed by atoms with van der Waals surface area (Å²) >= 11 is 0. The molecule has 0 aliphatic heterocycles. The molecule has 31 heavy (non-hydrogen) atoms. The number of aryl methyl sites for hydroxylation is 1. The Labute approximate surface area is 178 Å². The molecule has 2 aromatic heterocycles. The minimum absolute atomic E-state index is 0.0333. The van der Waals surface area contributed by atoms with Crippen molar-refractivity contribution in [2.75, 3.05) is 5.32 Å². The first-order valence-electron chi connectivity index (χ1n) is 9.62. The third-order valence-electron chi connectivity index (χ3n) is 4.93. The molecule has 0 saturated carbocycles. The van der Waals surface area contributed by atoms with Gasteiger partial charge in [0.05, 0.1) is 17.2 Å². The standard InChI is InChI=1S/C22H20N6O3/c1-15-21(28(30)31)16(2)27(24-15)14-17-8-10-18(11-9-17)22(29)23-20-12-13-26(25-20)19-6-4-3-5-7-19/h3-13H,14H2,1-2H3,(H,23,25,29). The lowest BCUT2D eigenvalue weighted by Crippen LogP contribution is -2.13. The fraction of sp³-hybridized carbons (Fsp3) is 0.136. The first-order valence-corrected chi connectivity index (χ1v) is 9.62. The van der Waals surface area contributed by atoms with Crippen molar-refractivity contribution in [1.82, 2.24) is 19.6 Å². The summed E-state index contributed by atoms with van der Waals surface area (Å²) in [4.78, 5) is 23.3. The van der Waals surface area contributed by atoms with E-state index in [0.717, 1.165) is 11.3 Å². The molecule has 4 rings (SSSR count). The summed E-state index contributed by atoms with van der Waals surface area (Å²) in [6, 6.07) is 18.4. The molecule has 0 spiro atoms. The van der Waals surface area contributed by atoms with E-state index >= 15 is 0 Å². The zero-order valence-corrected chi connectivity index (χ0v) is 17.0. The minimum atomic E-state index is -0.416. The average Bonchev–Trinajstić information content (AvgIpc) is 3.33. The van der Waals surface area contributed by atoms with Crippen molar-refractivity contribution in [1.29, 1.82) is 0 Å². The molecule has 0 aliphatic carbocycles. The number of benzene rings is 2. The number of nitro groups is 1. The number of rotatable bonds is 6. The summed E-state index contributed by atoms with van der Waals surface area (Å²) in [5.41, 5.74) is 3.18. The van der Waals surface area contributed by atoms with Crippen LogP contribution in [-0.4, -0.2) is 30.4 Å². The molecule has 2 heterocycles. The zero-order chi connectivity index (χ0) is 22.0. The molecule has 156 valence electrons. The van der Waals surface area contributed by atoms with E-state index < -0.39 is 4.92 Å². The van der Waals surface area contributed by atoms with Crippen molar-refractivity contribution in [3.8, 4) is 5.69 Å². The second kappa shape index (κ2) is 8.23. The van der Waals surface area contributed by atoms with Crippen LogP contribution in [0, 0.1) is 24.0 Å². The Morgan fingerprint density at radius 3 is 2.39 bits per heavy atom. The van der Waals surface area contributed by atoms with Gasteiger partial charge in [-0.25, -0.2) is 4.68 Å². The molecule has 9 heteroatoms. The van der Waals surface area contributed by atoms with Gasteiger partial charge >= 0.3 is 5.69 Å². The molecule has 1 amide bonds. The third kappa shape index (κ3) is 4.20. The Hall–Kier alpha value is -4.27. The van der Waals surface area contributed by atoms with E-state index in [1.807, 2.05) is 30.3 Å². The molecule has 0 aliphatic rings. The maximum atomic E-state index is 12.6. The van der Waals surface area contributed by atoms with Crippen LogP contribution in [0.4, 0.5) is 11.5 Å². The second-order valence-corrected chi connectivity index (χ2v) is 7.07. The van der Waals surface area contributed by atoms with Crippen molar-refractivity contribution < 1.29 is 9.72 Å². The van der Waals surface area contributed by atoms with Crippen LogP contribution in [0.15, 0.2) is 66.9 Å².